The lowest BCUT2D eigenvalue weighted by Crippen LogP contribution is -2.29. The normalized spacial score (nSPS) is 17.8. The summed E-state index contributed by atoms with van der Waals surface area (Å²) in [6, 6.07) is 9.46. The number of carbonyl (C=O) groups excluding carboxylic acids is 2. The summed E-state index contributed by atoms with van der Waals surface area (Å²) in [6.45, 7) is 0.860. The second kappa shape index (κ2) is 13.6. The fraction of sp³-hybridized carbons (Fsp3) is 0.481. The van der Waals surface area contributed by atoms with E-state index in [1.807, 2.05) is 0 Å². The quantitative estimate of drug-likeness (QED) is 0.239. The summed E-state index contributed by atoms with van der Waals surface area (Å²) in [5, 5.41) is 5.60. The number of amides is 2. The van der Waals surface area contributed by atoms with Crippen molar-refractivity contribution in [3.63, 3.8) is 0 Å². The molecule has 0 radical (unpaired) electrons. The van der Waals surface area contributed by atoms with Crippen LogP contribution in [-0.2, 0) is 0 Å². The lowest BCUT2D eigenvalue weighted by atomic mass is 9.75. The summed E-state index contributed by atoms with van der Waals surface area (Å²) < 4.78 is 81.2. The monoisotopic (exact) mass is 560 g/mol. The van der Waals surface area contributed by atoms with Crippen LogP contribution in [-0.4, -0.2) is 37.6 Å². The summed E-state index contributed by atoms with van der Waals surface area (Å²) >= 11 is 0. The second-order valence-electron chi connectivity index (χ2n) is 9.39. The molecule has 0 spiro atoms. The Kier molecular flexibility index (Phi) is 10.5. The SMILES string of the molecule is O=C(NCCCC1CCCCC1CCNC(=O)c1ccc(OC(F)(F)F)cc1)c1ccc(OC(F)(F)F)cc1. The fourth-order valence-corrected chi connectivity index (χ4v) is 4.80. The Hall–Kier alpha value is -3.44. The topological polar surface area (TPSA) is 76.7 Å². The average Bonchev–Trinajstić information content (AvgIpc) is 2.86. The molecule has 2 N–H and O–H groups in total. The molecule has 2 aromatic carbocycles. The molecule has 0 heterocycles. The zero-order valence-electron chi connectivity index (χ0n) is 21.0. The highest BCUT2D eigenvalue weighted by molar-refractivity contribution is 5.94. The van der Waals surface area contributed by atoms with Crippen molar-refractivity contribution in [1.82, 2.24) is 10.6 Å². The predicted octanol–water partition coefficient (Wildman–Crippen LogP) is 6.62. The van der Waals surface area contributed by atoms with Gasteiger partial charge in [0.2, 0.25) is 0 Å². The minimum Gasteiger partial charge on any atom is -0.406 e. The molecule has 12 heteroatoms. The summed E-state index contributed by atoms with van der Waals surface area (Å²) in [4.78, 5) is 24.7. The molecule has 0 aromatic heterocycles. The molecule has 2 aromatic rings. The van der Waals surface area contributed by atoms with Crippen LogP contribution in [0.15, 0.2) is 48.5 Å². The second-order valence-corrected chi connectivity index (χ2v) is 9.39. The molecule has 0 bridgehead atoms. The van der Waals surface area contributed by atoms with E-state index in [9.17, 15) is 35.9 Å². The molecule has 1 aliphatic carbocycles. The van der Waals surface area contributed by atoms with Crippen LogP contribution in [0.25, 0.3) is 0 Å². The van der Waals surface area contributed by atoms with E-state index in [1.165, 1.54) is 24.3 Å². The molecule has 6 nitrogen and oxygen atoms in total. The van der Waals surface area contributed by atoms with Crippen LogP contribution < -0.4 is 20.1 Å². The minimum absolute atomic E-state index is 0.235. The molecule has 1 saturated carbocycles. The number of hydrogen-bond acceptors (Lipinski definition) is 4. The molecule has 0 aliphatic heterocycles. The first-order valence-corrected chi connectivity index (χ1v) is 12.7. The van der Waals surface area contributed by atoms with E-state index in [2.05, 4.69) is 20.1 Å². The third-order valence-electron chi connectivity index (χ3n) is 6.60. The van der Waals surface area contributed by atoms with Gasteiger partial charge in [0.25, 0.3) is 11.8 Å². The Bertz CT molecular complexity index is 1070. The molecule has 2 atom stereocenters. The summed E-state index contributed by atoms with van der Waals surface area (Å²) in [6.07, 6.45) is -2.91. The molecule has 2 amide bonds. The number of benzene rings is 2. The maximum absolute atomic E-state index is 12.4. The van der Waals surface area contributed by atoms with E-state index in [1.54, 1.807) is 0 Å². The van der Waals surface area contributed by atoms with Crippen molar-refractivity contribution in [3.05, 3.63) is 59.7 Å². The molecule has 39 heavy (non-hydrogen) atoms. The fourth-order valence-electron chi connectivity index (χ4n) is 4.80. The largest absolute Gasteiger partial charge is 0.573 e. The highest BCUT2D eigenvalue weighted by atomic mass is 19.4. The van der Waals surface area contributed by atoms with Gasteiger partial charge in [0, 0.05) is 24.2 Å². The Labute approximate surface area is 222 Å². The molecular weight excluding hydrogens is 530 g/mol. The van der Waals surface area contributed by atoms with E-state index in [0.717, 1.165) is 69.2 Å². The van der Waals surface area contributed by atoms with Gasteiger partial charge in [0.05, 0.1) is 0 Å². The average molecular weight is 561 g/mol. The van der Waals surface area contributed by atoms with Crippen molar-refractivity contribution < 1.29 is 45.4 Å². The van der Waals surface area contributed by atoms with Crippen molar-refractivity contribution in [2.45, 2.75) is 57.7 Å². The van der Waals surface area contributed by atoms with Crippen LogP contribution >= 0.6 is 0 Å². The van der Waals surface area contributed by atoms with Gasteiger partial charge >= 0.3 is 12.7 Å². The van der Waals surface area contributed by atoms with Crippen LogP contribution in [0.3, 0.4) is 0 Å². The first-order valence-electron chi connectivity index (χ1n) is 12.7. The maximum Gasteiger partial charge on any atom is 0.573 e. The van der Waals surface area contributed by atoms with Gasteiger partial charge in [0.1, 0.15) is 11.5 Å². The van der Waals surface area contributed by atoms with E-state index in [4.69, 9.17) is 0 Å². The zero-order chi connectivity index (χ0) is 28.5. The first kappa shape index (κ1) is 30.1. The van der Waals surface area contributed by atoms with Crippen molar-refractivity contribution in [2.75, 3.05) is 13.1 Å². The first-order chi connectivity index (χ1) is 18.4. The highest BCUT2D eigenvalue weighted by Crippen LogP contribution is 2.35. The standard InChI is InChI=1S/C27H30F6N2O4/c28-26(29,30)38-22-11-7-20(8-12-22)24(36)34-16-3-6-18-4-1-2-5-19(18)15-17-35-25(37)21-9-13-23(14-10-21)39-27(31,32)33/h7-14,18-19H,1-6,15-17H2,(H,34,36)(H,35,37). The number of rotatable bonds is 11. The lowest BCUT2D eigenvalue weighted by molar-refractivity contribution is -0.275. The van der Waals surface area contributed by atoms with Crippen molar-refractivity contribution >= 4 is 11.8 Å². The smallest absolute Gasteiger partial charge is 0.406 e. The van der Waals surface area contributed by atoms with Crippen molar-refractivity contribution in [1.29, 1.82) is 0 Å². The van der Waals surface area contributed by atoms with Crippen molar-refractivity contribution in [2.24, 2.45) is 11.8 Å². The minimum atomic E-state index is -4.80. The Balaban J connectivity index is 1.37. The molecular formula is C27H30F6N2O4. The van der Waals surface area contributed by atoms with Crippen molar-refractivity contribution in [3.8, 4) is 11.5 Å². The predicted molar refractivity (Wildman–Crippen MR) is 130 cm³/mol. The van der Waals surface area contributed by atoms with Crippen LogP contribution in [0.5, 0.6) is 11.5 Å². The van der Waals surface area contributed by atoms with E-state index in [0.29, 0.717) is 24.9 Å². The molecule has 1 fully saturated rings. The molecule has 2 unspecified atom stereocenters. The van der Waals surface area contributed by atoms with Gasteiger partial charge in [-0.3, -0.25) is 9.59 Å². The highest BCUT2D eigenvalue weighted by Gasteiger charge is 2.32. The third kappa shape index (κ3) is 10.7. The van der Waals surface area contributed by atoms with Crippen LogP contribution in [0.2, 0.25) is 0 Å². The van der Waals surface area contributed by atoms with E-state index < -0.39 is 24.2 Å². The zero-order valence-corrected chi connectivity index (χ0v) is 21.0. The Morgan fingerprint density at radius 2 is 1.08 bits per heavy atom. The molecule has 214 valence electrons. The molecule has 1 aliphatic rings. The van der Waals surface area contributed by atoms with Gasteiger partial charge in [0.15, 0.2) is 0 Å². The van der Waals surface area contributed by atoms with Gasteiger partial charge in [-0.25, -0.2) is 0 Å². The lowest BCUT2D eigenvalue weighted by Gasteiger charge is -2.32. The van der Waals surface area contributed by atoms with E-state index in [-0.39, 0.29) is 22.9 Å². The number of hydrogen-bond donors (Lipinski definition) is 2. The number of halogens is 6. The number of ether oxygens (including phenoxy) is 2. The molecule has 3 rings (SSSR count). The number of carbonyl (C=O) groups is 2. The third-order valence-corrected chi connectivity index (χ3v) is 6.60. The van der Waals surface area contributed by atoms with Crippen LogP contribution in [0, 0.1) is 11.8 Å². The van der Waals surface area contributed by atoms with Gasteiger partial charge in [-0.05, 0) is 79.6 Å². The Morgan fingerprint density at radius 1 is 0.667 bits per heavy atom. The van der Waals surface area contributed by atoms with E-state index >= 15 is 0 Å². The van der Waals surface area contributed by atoms with Crippen LogP contribution in [0.1, 0.15) is 65.7 Å². The number of nitrogens with one attached hydrogen (secondary N) is 2. The number of alkyl halides is 6. The van der Waals surface area contributed by atoms with Crippen LogP contribution in [0.4, 0.5) is 26.3 Å². The molecule has 0 saturated heterocycles. The van der Waals surface area contributed by atoms with Gasteiger partial charge in [-0.15, -0.1) is 26.3 Å². The maximum atomic E-state index is 12.4. The summed E-state index contributed by atoms with van der Waals surface area (Å²) in [7, 11) is 0. The Morgan fingerprint density at radius 3 is 1.51 bits per heavy atom. The van der Waals surface area contributed by atoms with Gasteiger partial charge < -0.3 is 20.1 Å². The van der Waals surface area contributed by atoms with Gasteiger partial charge in [-0.2, -0.15) is 0 Å². The van der Waals surface area contributed by atoms with Gasteiger partial charge in [-0.1, -0.05) is 25.7 Å². The summed E-state index contributed by atoms with van der Waals surface area (Å²) in [5.41, 5.74) is 0.473. The summed E-state index contributed by atoms with van der Waals surface area (Å²) in [5.74, 6) is -0.708.